The maximum Gasteiger partial charge on any atom is 0.306 e. The molecule has 0 unspecified atom stereocenters. The second-order valence-electron chi connectivity index (χ2n) is 14.1. The smallest absolute Gasteiger partial charge is 0.306 e. The van der Waals surface area contributed by atoms with Crippen molar-refractivity contribution in [3.8, 4) is 0 Å². The van der Waals surface area contributed by atoms with Crippen molar-refractivity contribution >= 4 is 11.9 Å². The van der Waals surface area contributed by atoms with Crippen molar-refractivity contribution in [3.63, 3.8) is 0 Å². The minimum absolute atomic E-state index is 0.0257. The molecule has 1 aliphatic carbocycles. The van der Waals surface area contributed by atoms with Gasteiger partial charge in [0.05, 0.1) is 12.5 Å². The van der Waals surface area contributed by atoms with Crippen LogP contribution in [0.25, 0.3) is 0 Å². The van der Waals surface area contributed by atoms with E-state index in [1.54, 1.807) is 0 Å². The van der Waals surface area contributed by atoms with Crippen molar-refractivity contribution in [1.82, 2.24) is 0 Å². The van der Waals surface area contributed by atoms with Gasteiger partial charge in [0.15, 0.2) is 0 Å². The van der Waals surface area contributed by atoms with Gasteiger partial charge in [-0.15, -0.1) is 0 Å². The standard InChI is InChI=1S/C32H64O2.C8H15NO2/c1-3-5-7-9-11-13-15-17-19-21-23-25-27-29-31-34-32(33)30-28-26-24-22-20-18-16-14-12-10-8-6-4-2;9-5-6-1-3-7(4-2-6)8(10)11/h3-31H2,1-2H3;6-7H,1-5,9H2,(H,10,11)/t;6-,7-. The normalized spacial score (nSPS) is 16.2. The number of rotatable bonds is 31. The first kappa shape index (κ1) is 43.9. The van der Waals surface area contributed by atoms with Crippen LogP contribution in [0.4, 0.5) is 0 Å². The van der Waals surface area contributed by atoms with Crippen molar-refractivity contribution < 1.29 is 19.4 Å². The molecule has 0 aromatic carbocycles. The van der Waals surface area contributed by atoms with Gasteiger partial charge in [0.25, 0.3) is 0 Å². The first-order valence-corrected chi connectivity index (χ1v) is 20.1. The number of aliphatic carboxylic acids is 1. The van der Waals surface area contributed by atoms with Gasteiger partial charge in [0, 0.05) is 6.42 Å². The molecule has 0 saturated heterocycles. The SMILES string of the molecule is CCCCCCCCCCCCCCCCOC(=O)CCCCCCCCCCCCCCC.NC[C@H]1CC[C@H](C(=O)O)CC1. The largest absolute Gasteiger partial charge is 0.481 e. The van der Waals surface area contributed by atoms with Crippen LogP contribution >= 0.6 is 0 Å². The Balaban J connectivity index is 0.00000146. The summed E-state index contributed by atoms with van der Waals surface area (Å²) in [7, 11) is 0. The zero-order valence-electron chi connectivity index (χ0n) is 30.4. The Morgan fingerprint density at radius 2 is 0.867 bits per heavy atom. The van der Waals surface area contributed by atoms with Gasteiger partial charge >= 0.3 is 11.9 Å². The molecule has 5 nitrogen and oxygen atoms in total. The quantitative estimate of drug-likeness (QED) is 0.0583. The Bertz CT molecular complexity index is 617. The lowest BCUT2D eigenvalue weighted by molar-refractivity contribution is -0.144. The average Bonchev–Trinajstić information content (AvgIpc) is 3.05. The monoisotopic (exact) mass is 638 g/mol. The van der Waals surface area contributed by atoms with Gasteiger partial charge in [-0.25, -0.2) is 0 Å². The summed E-state index contributed by atoms with van der Waals surface area (Å²) in [6.07, 6.45) is 40.8. The molecule has 0 aliphatic heterocycles. The molecule has 1 fully saturated rings. The summed E-state index contributed by atoms with van der Waals surface area (Å²) in [4.78, 5) is 22.4. The van der Waals surface area contributed by atoms with E-state index in [-0.39, 0.29) is 11.9 Å². The predicted octanol–water partition coefficient (Wildman–Crippen LogP) is 12.3. The van der Waals surface area contributed by atoms with Gasteiger partial charge in [-0.1, -0.05) is 174 Å². The molecule has 3 N–H and O–H groups in total. The van der Waals surface area contributed by atoms with Gasteiger partial charge in [0.2, 0.25) is 0 Å². The lowest BCUT2D eigenvalue weighted by atomic mass is 9.82. The molecule has 1 rings (SSSR count). The van der Waals surface area contributed by atoms with Crippen LogP contribution in [0.1, 0.15) is 219 Å². The van der Waals surface area contributed by atoms with Crippen LogP contribution in [0.2, 0.25) is 0 Å². The molecular weight excluding hydrogens is 558 g/mol. The van der Waals surface area contributed by atoms with Crippen molar-refractivity contribution in [2.24, 2.45) is 17.6 Å². The molecular formula is C40H79NO4. The Hall–Kier alpha value is -1.10. The molecule has 0 aromatic heterocycles. The van der Waals surface area contributed by atoms with Crippen LogP contribution in [0.5, 0.6) is 0 Å². The highest BCUT2D eigenvalue weighted by Gasteiger charge is 2.24. The van der Waals surface area contributed by atoms with Gasteiger partial charge in [-0.2, -0.15) is 0 Å². The minimum Gasteiger partial charge on any atom is -0.481 e. The molecule has 268 valence electrons. The summed E-state index contributed by atoms with van der Waals surface area (Å²) < 4.78 is 5.42. The van der Waals surface area contributed by atoms with E-state index < -0.39 is 5.97 Å². The number of carbonyl (C=O) groups excluding carboxylic acids is 1. The Morgan fingerprint density at radius 3 is 1.20 bits per heavy atom. The summed E-state index contributed by atoms with van der Waals surface area (Å²) in [5.41, 5.74) is 5.48. The molecule has 1 aliphatic rings. The second kappa shape index (κ2) is 35.7. The van der Waals surface area contributed by atoms with E-state index in [1.807, 2.05) is 0 Å². The van der Waals surface area contributed by atoms with Crippen LogP contribution < -0.4 is 5.73 Å². The van der Waals surface area contributed by atoms with Crippen LogP contribution in [0.15, 0.2) is 0 Å². The van der Waals surface area contributed by atoms with E-state index in [9.17, 15) is 9.59 Å². The maximum atomic E-state index is 11.9. The molecule has 0 spiro atoms. The number of carboxylic acids is 1. The molecule has 0 atom stereocenters. The van der Waals surface area contributed by atoms with Gasteiger partial charge < -0.3 is 15.6 Å². The molecule has 1 saturated carbocycles. The van der Waals surface area contributed by atoms with Crippen LogP contribution in [0, 0.1) is 11.8 Å². The molecule has 0 aromatic rings. The second-order valence-corrected chi connectivity index (χ2v) is 14.1. The minimum atomic E-state index is -0.638. The Kier molecular flexibility index (Phi) is 34.9. The lowest BCUT2D eigenvalue weighted by Gasteiger charge is -2.24. The van der Waals surface area contributed by atoms with Crippen molar-refractivity contribution in [2.45, 2.75) is 219 Å². The number of carbonyl (C=O) groups is 2. The van der Waals surface area contributed by atoms with Gasteiger partial charge in [-0.05, 0) is 51.0 Å². The first-order chi connectivity index (χ1) is 22.0. The number of unbranched alkanes of at least 4 members (excludes halogenated alkanes) is 25. The third kappa shape index (κ3) is 32.6. The summed E-state index contributed by atoms with van der Waals surface area (Å²) in [6.45, 7) is 5.92. The van der Waals surface area contributed by atoms with Crippen LogP contribution in [-0.2, 0) is 14.3 Å². The highest BCUT2D eigenvalue weighted by Crippen LogP contribution is 2.28. The summed E-state index contributed by atoms with van der Waals surface area (Å²) in [5, 5.41) is 8.67. The zero-order chi connectivity index (χ0) is 33.1. The molecule has 5 heteroatoms. The van der Waals surface area contributed by atoms with Crippen molar-refractivity contribution in [3.05, 3.63) is 0 Å². The third-order valence-corrected chi connectivity index (χ3v) is 9.77. The highest BCUT2D eigenvalue weighted by atomic mass is 16.5. The lowest BCUT2D eigenvalue weighted by Crippen LogP contribution is -2.25. The number of carboxylic acid groups (broad SMARTS) is 1. The molecule has 0 amide bonds. The van der Waals surface area contributed by atoms with Gasteiger partial charge in [-0.3, -0.25) is 9.59 Å². The third-order valence-electron chi connectivity index (χ3n) is 9.77. The fourth-order valence-corrected chi connectivity index (χ4v) is 6.49. The maximum absolute atomic E-state index is 11.9. The van der Waals surface area contributed by atoms with E-state index in [1.165, 1.54) is 161 Å². The number of nitrogens with two attached hydrogens (primary N) is 1. The van der Waals surface area contributed by atoms with E-state index in [0.29, 0.717) is 25.5 Å². The summed E-state index contributed by atoms with van der Waals surface area (Å²) in [6, 6.07) is 0. The zero-order valence-corrected chi connectivity index (χ0v) is 30.4. The predicted molar refractivity (Wildman–Crippen MR) is 194 cm³/mol. The Morgan fingerprint density at radius 1 is 0.533 bits per heavy atom. The molecule has 0 bridgehead atoms. The number of hydrogen-bond acceptors (Lipinski definition) is 4. The topological polar surface area (TPSA) is 89.6 Å². The van der Waals surface area contributed by atoms with Crippen LogP contribution in [0.3, 0.4) is 0 Å². The average molecular weight is 638 g/mol. The summed E-state index contributed by atoms with van der Waals surface area (Å²) in [5.74, 6) is -0.137. The first-order valence-electron chi connectivity index (χ1n) is 20.1. The van der Waals surface area contributed by atoms with Crippen molar-refractivity contribution in [1.29, 1.82) is 0 Å². The van der Waals surface area contributed by atoms with Crippen molar-refractivity contribution in [2.75, 3.05) is 13.2 Å². The molecule has 45 heavy (non-hydrogen) atoms. The number of hydrogen-bond donors (Lipinski definition) is 2. The molecule has 0 radical (unpaired) electrons. The summed E-state index contributed by atoms with van der Waals surface area (Å²) >= 11 is 0. The fraction of sp³-hybridized carbons (Fsp3) is 0.950. The van der Waals surface area contributed by atoms with E-state index in [0.717, 1.165) is 38.5 Å². The van der Waals surface area contributed by atoms with E-state index >= 15 is 0 Å². The highest BCUT2D eigenvalue weighted by molar-refractivity contribution is 5.70. The number of ether oxygens (including phenoxy) is 1. The van der Waals surface area contributed by atoms with E-state index in [2.05, 4.69) is 13.8 Å². The fourth-order valence-electron chi connectivity index (χ4n) is 6.49. The van der Waals surface area contributed by atoms with Gasteiger partial charge in [0.1, 0.15) is 0 Å². The molecule has 0 heterocycles. The van der Waals surface area contributed by atoms with Crippen LogP contribution in [-0.4, -0.2) is 30.2 Å². The van der Waals surface area contributed by atoms with E-state index in [4.69, 9.17) is 15.6 Å². The Labute approximate surface area is 281 Å². The number of esters is 1.